The van der Waals surface area contributed by atoms with Crippen LogP contribution in [0.2, 0.25) is 10.2 Å². The third-order valence-electron chi connectivity index (χ3n) is 3.45. The molecule has 1 amide bonds. The third-order valence-corrected chi connectivity index (χ3v) is 3.95. The summed E-state index contributed by atoms with van der Waals surface area (Å²) in [6.45, 7) is 11.1. The second kappa shape index (κ2) is 9.54. The van der Waals surface area contributed by atoms with Crippen molar-refractivity contribution in [2.75, 3.05) is 0 Å². The number of nitrogens with one attached hydrogen (secondary N) is 1. The van der Waals surface area contributed by atoms with Gasteiger partial charge in [0.2, 0.25) is 0 Å². The SMILES string of the molecule is C=C(C)/C=C\C(=C/C)C(=O)C(NC(=O)c1cc(Cl)ncc1Cl)C(C)C. The Balaban J connectivity index is 3.07. The van der Waals surface area contributed by atoms with Crippen molar-refractivity contribution in [1.82, 2.24) is 10.3 Å². The molecule has 134 valence electrons. The van der Waals surface area contributed by atoms with Gasteiger partial charge in [-0.3, -0.25) is 9.59 Å². The monoisotopic (exact) mass is 380 g/mol. The number of hydrogen-bond acceptors (Lipinski definition) is 3. The fraction of sp³-hybridized carbons (Fsp3) is 0.316. The average molecular weight is 381 g/mol. The number of Topliss-reactive ketones (excluding diaryl/α,β-unsaturated/α-hetero) is 1. The number of carbonyl (C=O) groups is 2. The van der Waals surface area contributed by atoms with Gasteiger partial charge in [0.1, 0.15) is 5.15 Å². The van der Waals surface area contributed by atoms with Crippen LogP contribution in [-0.4, -0.2) is 22.7 Å². The van der Waals surface area contributed by atoms with Crippen molar-refractivity contribution in [3.63, 3.8) is 0 Å². The number of aromatic nitrogens is 1. The Hall–Kier alpha value is -1.91. The maximum Gasteiger partial charge on any atom is 0.253 e. The lowest BCUT2D eigenvalue weighted by molar-refractivity contribution is -0.117. The zero-order valence-corrected chi connectivity index (χ0v) is 16.3. The lowest BCUT2D eigenvalue weighted by Gasteiger charge is -2.22. The summed E-state index contributed by atoms with van der Waals surface area (Å²) >= 11 is 11.8. The number of allylic oxidation sites excluding steroid dienone is 4. The highest BCUT2D eigenvalue weighted by Crippen LogP contribution is 2.19. The van der Waals surface area contributed by atoms with Crippen molar-refractivity contribution in [2.24, 2.45) is 5.92 Å². The van der Waals surface area contributed by atoms with Gasteiger partial charge in [0, 0.05) is 11.8 Å². The lowest BCUT2D eigenvalue weighted by atomic mass is 9.93. The molecule has 4 nitrogen and oxygen atoms in total. The molecule has 25 heavy (non-hydrogen) atoms. The second-order valence-electron chi connectivity index (χ2n) is 5.97. The molecule has 1 N–H and O–H groups in total. The van der Waals surface area contributed by atoms with Crippen LogP contribution in [0.1, 0.15) is 38.1 Å². The zero-order chi connectivity index (χ0) is 19.1. The molecule has 0 saturated heterocycles. The van der Waals surface area contributed by atoms with Crippen molar-refractivity contribution in [1.29, 1.82) is 0 Å². The van der Waals surface area contributed by atoms with E-state index in [0.29, 0.717) is 5.57 Å². The highest BCUT2D eigenvalue weighted by atomic mass is 35.5. The summed E-state index contributed by atoms with van der Waals surface area (Å²) in [7, 11) is 0. The first-order valence-corrected chi connectivity index (χ1v) is 8.59. The van der Waals surface area contributed by atoms with Crippen LogP contribution in [0, 0.1) is 5.92 Å². The number of halogens is 2. The molecule has 0 aliphatic heterocycles. The molecular weight excluding hydrogens is 359 g/mol. The molecule has 0 aliphatic carbocycles. The Morgan fingerprint density at radius 2 is 1.92 bits per heavy atom. The fourth-order valence-electron chi connectivity index (χ4n) is 2.07. The maximum atomic E-state index is 12.8. The van der Waals surface area contributed by atoms with E-state index in [1.54, 1.807) is 25.2 Å². The number of hydrogen-bond donors (Lipinski definition) is 1. The summed E-state index contributed by atoms with van der Waals surface area (Å²) in [6, 6.07) is 0.676. The van der Waals surface area contributed by atoms with Crippen LogP contribution in [0.3, 0.4) is 0 Å². The van der Waals surface area contributed by atoms with Crippen LogP contribution in [0.5, 0.6) is 0 Å². The Bertz CT molecular complexity index is 737. The van der Waals surface area contributed by atoms with Gasteiger partial charge in [-0.15, -0.1) is 0 Å². The van der Waals surface area contributed by atoms with E-state index in [4.69, 9.17) is 23.2 Å². The smallest absolute Gasteiger partial charge is 0.253 e. The zero-order valence-electron chi connectivity index (χ0n) is 14.8. The molecule has 6 heteroatoms. The molecule has 0 aliphatic rings. The van der Waals surface area contributed by atoms with Gasteiger partial charge < -0.3 is 5.32 Å². The molecule has 0 radical (unpaired) electrons. The van der Waals surface area contributed by atoms with E-state index in [9.17, 15) is 9.59 Å². The number of amides is 1. The number of rotatable bonds is 7. The summed E-state index contributed by atoms with van der Waals surface area (Å²) in [4.78, 5) is 29.2. The summed E-state index contributed by atoms with van der Waals surface area (Å²) < 4.78 is 0. The molecule has 0 spiro atoms. The van der Waals surface area contributed by atoms with Crippen LogP contribution in [0.15, 0.2) is 48.2 Å². The molecule has 1 heterocycles. The van der Waals surface area contributed by atoms with E-state index in [1.165, 1.54) is 12.3 Å². The van der Waals surface area contributed by atoms with Gasteiger partial charge in [-0.25, -0.2) is 4.98 Å². The highest BCUT2D eigenvalue weighted by molar-refractivity contribution is 6.35. The van der Waals surface area contributed by atoms with E-state index in [0.717, 1.165) is 5.57 Å². The van der Waals surface area contributed by atoms with Gasteiger partial charge in [0.05, 0.1) is 16.6 Å². The molecule has 0 aromatic carbocycles. The Morgan fingerprint density at radius 3 is 2.44 bits per heavy atom. The molecule has 0 saturated carbocycles. The van der Waals surface area contributed by atoms with Crippen LogP contribution in [-0.2, 0) is 4.79 Å². The van der Waals surface area contributed by atoms with Gasteiger partial charge in [-0.1, -0.05) is 67.4 Å². The molecule has 1 atom stereocenters. The standard InChI is InChI=1S/C19H22Cl2N2O2/c1-6-13(8-7-11(2)3)18(24)17(12(4)5)23-19(25)14-9-16(21)22-10-15(14)20/h6-10,12,17H,2H2,1,3-5H3,(H,23,25)/b8-7-,13-6+. The third kappa shape index (κ3) is 6.15. The Kier molecular flexibility index (Phi) is 8.07. The molecule has 1 aromatic rings. The molecule has 0 fully saturated rings. The average Bonchev–Trinajstić information content (AvgIpc) is 2.54. The minimum absolute atomic E-state index is 0.110. The van der Waals surface area contributed by atoms with E-state index in [-0.39, 0.29) is 27.4 Å². The summed E-state index contributed by atoms with van der Waals surface area (Å²) in [5.41, 5.74) is 1.51. The lowest BCUT2D eigenvalue weighted by Crippen LogP contribution is -2.45. The summed E-state index contributed by atoms with van der Waals surface area (Å²) in [6.07, 6.45) is 6.46. The summed E-state index contributed by atoms with van der Waals surface area (Å²) in [5, 5.41) is 3.07. The molecule has 1 unspecified atom stereocenters. The fourth-order valence-corrected chi connectivity index (χ4v) is 2.42. The first kappa shape index (κ1) is 21.1. The van der Waals surface area contributed by atoms with Crippen molar-refractivity contribution >= 4 is 34.9 Å². The van der Waals surface area contributed by atoms with Crippen molar-refractivity contribution < 1.29 is 9.59 Å². The normalized spacial score (nSPS) is 13.2. The predicted molar refractivity (Wildman–Crippen MR) is 103 cm³/mol. The largest absolute Gasteiger partial charge is 0.342 e. The van der Waals surface area contributed by atoms with Crippen LogP contribution >= 0.6 is 23.2 Å². The van der Waals surface area contributed by atoms with Gasteiger partial charge >= 0.3 is 0 Å². The van der Waals surface area contributed by atoms with Crippen LogP contribution in [0.25, 0.3) is 0 Å². The van der Waals surface area contributed by atoms with Crippen molar-refractivity contribution in [3.8, 4) is 0 Å². The summed E-state index contributed by atoms with van der Waals surface area (Å²) in [5.74, 6) is -0.763. The van der Waals surface area contributed by atoms with Gasteiger partial charge in [-0.2, -0.15) is 0 Å². The molecule has 1 aromatic heterocycles. The quantitative estimate of drug-likeness (QED) is 0.420. The number of pyridine rings is 1. The van der Waals surface area contributed by atoms with E-state index < -0.39 is 11.9 Å². The van der Waals surface area contributed by atoms with Gasteiger partial charge in [0.25, 0.3) is 5.91 Å². The minimum atomic E-state index is -0.698. The van der Waals surface area contributed by atoms with Crippen LogP contribution < -0.4 is 5.32 Å². The molecular formula is C19H22Cl2N2O2. The minimum Gasteiger partial charge on any atom is -0.342 e. The Morgan fingerprint density at radius 1 is 1.28 bits per heavy atom. The predicted octanol–water partition coefficient (Wildman–Crippen LogP) is 4.79. The number of carbonyl (C=O) groups excluding carboxylic acids is 2. The Labute approximate surface area is 158 Å². The van der Waals surface area contributed by atoms with Crippen molar-refractivity contribution in [2.45, 2.75) is 33.7 Å². The van der Waals surface area contributed by atoms with Crippen molar-refractivity contribution in [3.05, 3.63) is 64.0 Å². The topological polar surface area (TPSA) is 59.1 Å². The molecule has 1 rings (SSSR count). The van der Waals surface area contributed by atoms with Crippen LogP contribution in [0.4, 0.5) is 0 Å². The van der Waals surface area contributed by atoms with Gasteiger partial charge in [0.15, 0.2) is 5.78 Å². The molecule has 0 bridgehead atoms. The highest BCUT2D eigenvalue weighted by Gasteiger charge is 2.27. The van der Waals surface area contributed by atoms with Gasteiger partial charge in [-0.05, 0) is 25.8 Å². The second-order valence-corrected chi connectivity index (χ2v) is 6.76. The number of ketones is 1. The first-order chi connectivity index (χ1) is 11.7. The maximum absolute atomic E-state index is 12.8. The number of nitrogens with zero attached hydrogens (tertiary/aromatic N) is 1. The van der Waals surface area contributed by atoms with E-state index in [2.05, 4.69) is 16.9 Å². The van der Waals surface area contributed by atoms with E-state index in [1.807, 2.05) is 20.8 Å². The van der Waals surface area contributed by atoms with E-state index >= 15 is 0 Å². The first-order valence-electron chi connectivity index (χ1n) is 7.83.